The molecule has 1 unspecified atom stereocenters. The monoisotopic (exact) mass is 263 g/mol. The Morgan fingerprint density at radius 1 is 1.42 bits per heavy atom. The number of methoxy groups -OCH3 is 1. The summed E-state index contributed by atoms with van der Waals surface area (Å²) in [6, 6.07) is 6.54. The zero-order valence-electron chi connectivity index (χ0n) is 12.2. The Hall–Kier alpha value is -1.06. The van der Waals surface area contributed by atoms with Crippen molar-refractivity contribution in [1.29, 1.82) is 0 Å². The summed E-state index contributed by atoms with van der Waals surface area (Å²) in [5.41, 5.74) is 2.67. The standard InChI is InChI=1S/C16H25NO2/c1-12(2)14-4-5-16(18-3)15(9-14)8-13-10-17-6-7-19-11-13/h4-5,9,12-13,17H,6-8,10-11H2,1-3H3. The maximum Gasteiger partial charge on any atom is 0.122 e. The summed E-state index contributed by atoms with van der Waals surface area (Å²) in [6.45, 7) is 8.08. The van der Waals surface area contributed by atoms with Crippen molar-refractivity contribution in [2.75, 3.05) is 33.4 Å². The van der Waals surface area contributed by atoms with E-state index in [-0.39, 0.29) is 0 Å². The summed E-state index contributed by atoms with van der Waals surface area (Å²) in [5, 5.41) is 3.43. The number of benzene rings is 1. The summed E-state index contributed by atoms with van der Waals surface area (Å²) < 4.78 is 11.1. The zero-order valence-corrected chi connectivity index (χ0v) is 12.2. The lowest BCUT2D eigenvalue weighted by atomic mass is 9.94. The maximum atomic E-state index is 5.63. The molecule has 0 saturated carbocycles. The molecule has 0 aromatic heterocycles. The first-order valence-electron chi connectivity index (χ1n) is 7.16. The molecular weight excluding hydrogens is 238 g/mol. The average molecular weight is 263 g/mol. The average Bonchev–Trinajstić information content (AvgIpc) is 2.67. The first-order chi connectivity index (χ1) is 9.20. The molecule has 0 radical (unpaired) electrons. The quantitative estimate of drug-likeness (QED) is 0.905. The summed E-state index contributed by atoms with van der Waals surface area (Å²) in [4.78, 5) is 0. The lowest BCUT2D eigenvalue weighted by molar-refractivity contribution is 0.123. The van der Waals surface area contributed by atoms with Crippen molar-refractivity contribution in [2.24, 2.45) is 5.92 Å². The second-order valence-electron chi connectivity index (χ2n) is 5.58. The number of ether oxygens (including phenoxy) is 2. The molecule has 1 saturated heterocycles. The van der Waals surface area contributed by atoms with Gasteiger partial charge in [0.05, 0.1) is 20.3 Å². The van der Waals surface area contributed by atoms with Gasteiger partial charge >= 0.3 is 0 Å². The van der Waals surface area contributed by atoms with E-state index in [0.717, 1.165) is 38.5 Å². The molecule has 3 nitrogen and oxygen atoms in total. The van der Waals surface area contributed by atoms with Gasteiger partial charge in [-0.25, -0.2) is 0 Å². The molecule has 1 heterocycles. The smallest absolute Gasteiger partial charge is 0.122 e. The summed E-state index contributed by atoms with van der Waals surface area (Å²) >= 11 is 0. The molecule has 1 aromatic carbocycles. The van der Waals surface area contributed by atoms with Gasteiger partial charge in [0.1, 0.15) is 5.75 Å². The van der Waals surface area contributed by atoms with Crippen LogP contribution in [0.5, 0.6) is 5.75 Å². The van der Waals surface area contributed by atoms with Crippen LogP contribution >= 0.6 is 0 Å². The van der Waals surface area contributed by atoms with Crippen molar-refractivity contribution in [3.63, 3.8) is 0 Å². The van der Waals surface area contributed by atoms with Gasteiger partial charge in [-0.3, -0.25) is 0 Å². The van der Waals surface area contributed by atoms with E-state index in [1.54, 1.807) is 7.11 Å². The number of hydrogen-bond donors (Lipinski definition) is 1. The molecule has 1 aliphatic heterocycles. The van der Waals surface area contributed by atoms with E-state index in [0.29, 0.717) is 11.8 Å². The summed E-state index contributed by atoms with van der Waals surface area (Å²) in [6.07, 6.45) is 1.01. The Labute approximate surface area is 116 Å². The Bertz CT molecular complexity index is 396. The van der Waals surface area contributed by atoms with Crippen molar-refractivity contribution in [3.8, 4) is 5.75 Å². The third kappa shape index (κ3) is 3.95. The van der Waals surface area contributed by atoms with E-state index < -0.39 is 0 Å². The lowest BCUT2D eigenvalue weighted by Gasteiger charge is -2.17. The first kappa shape index (κ1) is 14.4. The van der Waals surface area contributed by atoms with Crippen molar-refractivity contribution in [2.45, 2.75) is 26.2 Å². The Morgan fingerprint density at radius 2 is 2.26 bits per heavy atom. The SMILES string of the molecule is COc1ccc(C(C)C)cc1CC1CNCCOC1. The van der Waals surface area contributed by atoms with E-state index in [1.165, 1.54) is 11.1 Å². The van der Waals surface area contributed by atoms with Gasteiger partial charge in [-0.05, 0) is 35.4 Å². The third-order valence-corrected chi connectivity index (χ3v) is 3.69. The molecular formula is C16H25NO2. The molecule has 106 valence electrons. The molecule has 0 aliphatic carbocycles. The van der Waals surface area contributed by atoms with Crippen LogP contribution in [-0.2, 0) is 11.2 Å². The molecule has 1 N–H and O–H groups in total. The number of hydrogen-bond acceptors (Lipinski definition) is 3. The highest BCUT2D eigenvalue weighted by Crippen LogP contribution is 2.26. The van der Waals surface area contributed by atoms with Crippen LogP contribution in [0.25, 0.3) is 0 Å². The van der Waals surface area contributed by atoms with Gasteiger partial charge in [0.15, 0.2) is 0 Å². The van der Waals surface area contributed by atoms with Gasteiger partial charge in [-0.15, -0.1) is 0 Å². The van der Waals surface area contributed by atoms with Gasteiger partial charge in [-0.2, -0.15) is 0 Å². The topological polar surface area (TPSA) is 30.5 Å². The second-order valence-corrected chi connectivity index (χ2v) is 5.58. The minimum Gasteiger partial charge on any atom is -0.496 e. The van der Waals surface area contributed by atoms with E-state index >= 15 is 0 Å². The van der Waals surface area contributed by atoms with E-state index in [2.05, 4.69) is 37.4 Å². The minimum absolute atomic E-state index is 0.527. The fourth-order valence-corrected chi connectivity index (χ4v) is 2.52. The van der Waals surface area contributed by atoms with Crippen molar-refractivity contribution in [3.05, 3.63) is 29.3 Å². The molecule has 1 aromatic rings. The molecule has 3 heteroatoms. The zero-order chi connectivity index (χ0) is 13.7. The van der Waals surface area contributed by atoms with Crippen LogP contribution in [0.1, 0.15) is 30.9 Å². The van der Waals surface area contributed by atoms with Crippen LogP contribution in [0.2, 0.25) is 0 Å². The highest BCUT2D eigenvalue weighted by molar-refractivity contribution is 5.38. The first-order valence-corrected chi connectivity index (χ1v) is 7.16. The second kappa shape index (κ2) is 6.92. The predicted octanol–water partition coefficient (Wildman–Crippen LogP) is 2.60. The number of nitrogens with one attached hydrogen (secondary N) is 1. The fourth-order valence-electron chi connectivity index (χ4n) is 2.52. The van der Waals surface area contributed by atoms with Crippen LogP contribution in [0, 0.1) is 5.92 Å². The van der Waals surface area contributed by atoms with Crippen molar-refractivity contribution < 1.29 is 9.47 Å². The molecule has 1 fully saturated rings. The lowest BCUT2D eigenvalue weighted by Crippen LogP contribution is -2.24. The predicted molar refractivity (Wildman–Crippen MR) is 78.0 cm³/mol. The van der Waals surface area contributed by atoms with Crippen LogP contribution in [0.3, 0.4) is 0 Å². The highest BCUT2D eigenvalue weighted by atomic mass is 16.5. The highest BCUT2D eigenvalue weighted by Gasteiger charge is 2.16. The summed E-state index contributed by atoms with van der Waals surface area (Å²) in [7, 11) is 1.75. The largest absolute Gasteiger partial charge is 0.496 e. The van der Waals surface area contributed by atoms with Crippen LogP contribution in [0.4, 0.5) is 0 Å². The van der Waals surface area contributed by atoms with Crippen molar-refractivity contribution >= 4 is 0 Å². The molecule has 0 spiro atoms. The molecule has 1 aliphatic rings. The third-order valence-electron chi connectivity index (χ3n) is 3.69. The van der Waals surface area contributed by atoms with Crippen LogP contribution < -0.4 is 10.1 Å². The molecule has 2 rings (SSSR count). The molecule has 0 amide bonds. The summed E-state index contributed by atoms with van der Waals surface area (Å²) in [5.74, 6) is 2.07. The van der Waals surface area contributed by atoms with Crippen molar-refractivity contribution in [1.82, 2.24) is 5.32 Å². The number of rotatable bonds is 4. The van der Waals surface area contributed by atoms with Gasteiger partial charge < -0.3 is 14.8 Å². The molecule has 1 atom stereocenters. The van der Waals surface area contributed by atoms with Crippen LogP contribution in [0.15, 0.2) is 18.2 Å². The fraction of sp³-hybridized carbons (Fsp3) is 0.625. The normalized spacial score (nSPS) is 20.3. The maximum absolute atomic E-state index is 5.63. The van der Waals surface area contributed by atoms with Gasteiger partial charge in [-0.1, -0.05) is 26.0 Å². The molecule has 19 heavy (non-hydrogen) atoms. The van der Waals surface area contributed by atoms with E-state index in [1.807, 2.05) is 0 Å². The Kier molecular flexibility index (Phi) is 5.23. The van der Waals surface area contributed by atoms with Gasteiger partial charge in [0.25, 0.3) is 0 Å². The Balaban J connectivity index is 2.14. The van der Waals surface area contributed by atoms with E-state index in [9.17, 15) is 0 Å². The van der Waals surface area contributed by atoms with Gasteiger partial charge in [0.2, 0.25) is 0 Å². The minimum atomic E-state index is 0.527. The van der Waals surface area contributed by atoms with E-state index in [4.69, 9.17) is 9.47 Å². The van der Waals surface area contributed by atoms with Gasteiger partial charge in [0, 0.05) is 13.1 Å². The van der Waals surface area contributed by atoms with Crippen LogP contribution in [-0.4, -0.2) is 33.4 Å². The molecule has 0 bridgehead atoms. The Morgan fingerprint density at radius 3 is 3.00 bits per heavy atom.